The van der Waals surface area contributed by atoms with Crippen LogP contribution in [0.3, 0.4) is 0 Å². The minimum atomic E-state index is -0.107. The highest BCUT2D eigenvalue weighted by Gasteiger charge is 2.23. The standard InChI is InChI=1S/C11H13BrN2O3/c1-15-9-3-6(7(12)4-10(9)16-2)8-5-17-11(13)14-8/h3-4,8H,5H2,1-2H3,(H2,13,14). The monoisotopic (exact) mass is 300 g/mol. The van der Waals surface area contributed by atoms with Crippen molar-refractivity contribution in [1.29, 1.82) is 0 Å². The van der Waals surface area contributed by atoms with Gasteiger partial charge in [-0.1, -0.05) is 15.9 Å². The van der Waals surface area contributed by atoms with Crippen LogP contribution < -0.4 is 15.2 Å². The van der Waals surface area contributed by atoms with Gasteiger partial charge in [0.1, 0.15) is 12.6 Å². The zero-order valence-corrected chi connectivity index (χ0v) is 11.2. The highest BCUT2D eigenvalue weighted by molar-refractivity contribution is 9.10. The van der Waals surface area contributed by atoms with Crippen LogP contribution in [0.5, 0.6) is 11.5 Å². The fraction of sp³-hybridized carbons (Fsp3) is 0.364. The van der Waals surface area contributed by atoms with Crippen LogP contribution in [0.4, 0.5) is 0 Å². The molecule has 0 spiro atoms. The molecule has 92 valence electrons. The number of halogens is 1. The Balaban J connectivity index is 2.41. The molecule has 0 aliphatic carbocycles. The van der Waals surface area contributed by atoms with Crippen LogP contribution in [-0.4, -0.2) is 26.8 Å². The Labute approximate surface area is 108 Å². The van der Waals surface area contributed by atoms with E-state index in [1.54, 1.807) is 14.2 Å². The predicted octanol–water partition coefficient (Wildman–Crippen LogP) is 1.85. The van der Waals surface area contributed by atoms with Crippen molar-refractivity contribution in [3.8, 4) is 11.5 Å². The van der Waals surface area contributed by atoms with E-state index in [1.165, 1.54) is 0 Å². The van der Waals surface area contributed by atoms with Gasteiger partial charge in [0.15, 0.2) is 11.5 Å². The van der Waals surface area contributed by atoms with E-state index in [0.717, 1.165) is 10.0 Å². The number of ether oxygens (including phenoxy) is 3. The lowest BCUT2D eigenvalue weighted by atomic mass is 10.1. The molecule has 0 radical (unpaired) electrons. The largest absolute Gasteiger partial charge is 0.493 e. The molecule has 2 rings (SSSR count). The molecule has 0 bridgehead atoms. The van der Waals surface area contributed by atoms with Crippen LogP contribution in [0.2, 0.25) is 0 Å². The lowest BCUT2D eigenvalue weighted by Gasteiger charge is -2.13. The summed E-state index contributed by atoms with van der Waals surface area (Å²) in [6.07, 6.45) is 0. The second kappa shape index (κ2) is 4.83. The number of rotatable bonds is 3. The Morgan fingerprint density at radius 2 is 2.00 bits per heavy atom. The van der Waals surface area contributed by atoms with E-state index < -0.39 is 0 Å². The van der Waals surface area contributed by atoms with Crippen LogP contribution in [0.1, 0.15) is 11.6 Å². The van der Waals surface area contributed by atoms with E-state index in [9.17, 15) is 0 Å². The first-order valence-electron chi connectivity index (χ1n) is 5.03. The van der Waals surface area contributed by atoms with E-state index in [1.807, 2.05) is 12.1 Å². The smallest absolute Gasteiger partial charge is 0.282 e. The molecule has 1 atom stereocenters. The summed E-state index contributed by atoms with van der Waals surface area (Å²) < 4.78 is 16.5. The Morgan fingerprint density at radius 1 is 1.35 bits per heavy atom. The van der Waals surface area contributed by atoms with Gasteiger partial charge in [-0.2, -0.15) is 0 Å². The summed E-state index contributed by atoms with van der Waals surface area (Å²) in [5, 5.41) is 0. The molecule has 0 saturated carbocycles. The van der Waals surface area contributed by atoms with Crippen molar-refractivity contribution in [3.63, 3.8) is 0 Å². The van der Waals surface area contributed by atoms with Crippen LogP contribution in [0, 0.1) is 0 Å². The first kappa shape index (κ1) is 12.0. The first-order valence-corrected chi connectivity index (χ1v) is 5.82. The highest BCUT2D eigenvalue weighted by atomic mass is 79.9. The maximum atomic E-state index is 5.50. The van der Waals surface area contributed by atoms with E-state index in [-0.39, 0.29) is 12.1 Å². The quantitative estimate of drug-likeness (QED) is 0.925. The molecular weight excluding hydrogens is 288 g/mol. The number of methoxy groups -OCH3 is 2. The van der Waals surface area contributed by atoms with Gasteiger partial charge in [-0.15, -0.1) is 0 Å². The molecule has 0 fully saturated rings. The SMILES string of the molecule is COc1cc(Br)c(C2COC(N)=N2)cc1OC. The summed E-state index contributed by atoms with van der Waals surface area (Å²) >= 11 is 3.48. The molecule has 17 heavy (non-hydrogen) atoms. The average Bonchev–Trinajstić information content (AvgIpc) is 2.75. The molecule has 0 aromatic heterocycles. The summed E-state index contributed by atoms with van der Waals surface area (Å²) in [5.41, 5.74) is 6.46. The normalized spacial score (nSPS) is 18.5. The highest BCUT2D eigenvalue weighted by Crippen LogP contribution is 2.38. The number of aliphatic imine (C=N–C) groups is 1. The van der Waals surface area contributed by atoms with Crippen molar-refractivity contribution in [3.05, 3.63) is 22.2 Å². The molecule has 1 heterocycles. The van der Waals surface area contributed by atoms with Crippen molar-refractivity contribution in [1.82, 2.24) is 0 Å². The Kier molecular flexibility index (Phi) is 3.42. The van der Waals surface area contributed by atoms with Gasteiger partial charge in [0.25, 0.3) is 6.02 Å². The van der Waals surface area contributed by atoms with E-state index in [4.69, 9.17) is 19.9 Å². The molecule has 0 saturated heterocycles. The fourth-order valence-electron chi connectivity index (χ4n) is 1.68. The molecule has 1 aliphatic rings. The van der Waals surface area contributed by atoms with Crippen molar-refractivity contribution < 1.29 is 14.2 Å². The molecular formula is C11H13BrN2O3. The number of hydrogen-bond acceptors (Lipinski definition) is 5. The van der Waals surface area contributed by atoms with E-state index in [2.05, 4.69) is 20.9 Å². The third-order valence-corrected chi connectivity index (χ3v) is 3.22. The number of amidine groups is 1. The number of benzene rings is 1. The van der Waals surface area contributed by atoms with Gasteiger partial charge >= 0.3 is 0 Å². The molecule has 1 aromatic carbocycles. The summed E-state index contributed by atoms with van der Waals surface area (Å²) in [6.45, 7) is 0.444. The Bertz CT molecular complexity index is 462. The van der Waals surface area contributed by atoms with E-state index >= 15 is 0 Å². The van der Waals surface area contributed by atoms with Gasteiger partial charge in [-0.25, -0.2) is 4.99 Å². The fourth-order valence-corrected chi connectivity index (χ4v) is 2.26. The predicted molar refractivity (Wildman–Crippen MR) is 67.6 cm³/mol. The molecule has 5 nitrogen and oxygen atoms in total. The first-order chi connectivity index (χ1) is 8.15. The van der Waals surface area contributed by atoms with E-state index in [0.29, 0.717) is 18.1 Å². The number of hydrogen-bond donors (Lipinski definition) is 1. The Hall–Kier alpha value is -1.43. The van der Waals surface area contributed by atoms with Crippen LogP contribution in [0.15, 0.2) is 21.6 Å². The van der Waals surface area contributed by atoms with Crippen LogP contribution >= 0.6 is 15.9 Å². The molecule has 1 aromatic rings. The lowest BCUT2D eigenvalue weighted by molar-refractivity contribution is 0.313. The van der Waals surface area contributed by atoms with Gasteiger partial charge < -0.3 is 19.9 Å². The van der Waals surface area contributed by atoms with Crippen molar-refractivity contribution in [2.24, 2.45) is 10.7 Å². The summed E-state index contributed by atoms with van der Waals surface area (Å²) in [6, 6.07) is 3.83. The molecule has 0 amide bonds. The van der Waals surface area contributed by atoms with Gasteiger partial charge in [0.2, 0.25) is 0 Å². The van der Waals surface area contributed by atoms with Gasteiger partial charge in [-0.05, 0) is 17.7 Å². The van der Waals surface area contributed by atoms with Gasteiger partial charge in [-0.3, -0.25) is 0 Å². The van der Waals surface area contributed by atoms with Crippen LogP contribution in [0.25, 0.3) is 0 Å². The van der Waals surface area contributed by atoms with Crippen molar-refractivity contribution in [2.75, 3.05) is 20.8 Å². The summed E-state index contributed by atoms with van der Waals surface area (Å²) in [7, 11) is 3.19. The van der Waals surface area contributed by atoms with Crippen LogP contribution in [-0.2, 0) is 4.74 Å². The maximum Gasteiger partial charge on any atom is 0.282 e. The molecule has 1 aliphatic heterocycles. The van der Waals surface area contributed by atoms with Gasteiger partial charge in [0.05, 0.1) is 14.2 Å². The zero-order valence-electron chi connectivity index (χ0n) is 9.57. The minimum absolute atomic E-state index is 0.107. The maximum absolute atomic E-state index is 5.50. The number of nitrogens with zero attached hydrogens (tertiary/aromatic N) is 1. The Morgan fingerprint density at radius 3 is 2.53 bits per heavy atom. The second-order valence-electron chi connectivity index (χ2n) is 3.52. The third kappa shape index (κ3) is 2.31. The minimum Gasteiger partial charge on any atom is -0.493 e. The van der Waals surface area contributed by atoms with Gasteiger partial charge in [0, 0.05) is 4.47 Å². The zero-order chi connectivity index (χ0) is 12.4. The summed E-state index contributed by atoms with van der Waals surface area (Å²) in [5.74, 6) is 1.32. The topological polar surface area (TPSA) is 66.1 Å². The lowest BCUT2D eigenvalue weighted by Crippen LogP contribution is -2.10. The summed E-state index contributed by atoms with van der Waals surface area (Å²) in [4.78, 5) is 4.20. The molecule has 2 N–H and O–H groups in total. The number of nitrogens with two attached hydrogens (primary N) is 1. The molecule has 1 unspecified atom stereocenters. The molecule has 6 heteroatoms. The van der Waals surface area contributed by atoms with Crippen molar-refractivity contribution >= 4 is 22.0 Å². The van der Waals surface area contributed by atoms with Crippen molar-refractivity contribution in [2.45, 2.75) is 6.04 Å². The average molecular weight is 301 g/mol. The second-order valence-corrected chi connectivity index (χ2v) is 4.38. The third-order valence-electron chi connectivity index (χ3n) is 2.53.